The molecule has 156 valence electrons. The largest absolute Gasteiger partial charge is 0.356 e. The third-order valence-electron chi connectivity index (χ3n) is 4.76. The van der Waals surface area contributed by atoms with Crippen LogP contribution >= 0.6 is 0 Å². The van der Waals surface area contributed by atoms with E-state index in [-0.39, 0.29) is 18.2 Å². The second-order valence-electron chi connectivity index (χ2n) is 7.23. The highest BCUT2D eigenvalue weighted by atomic mass is 16.2. The molecule has 0 radical (unpaired) electrons. The van der Waals surface area contributed by atoms with Crippen LogP contribution in [0.4, 0.5) is 0 Å². The smallest absolute Gasteiger partial charge is 0.274 e. The van der Waals surface area contributed by atoms with Crippen LogP contribution in [0.15, 0.2) is 42.7 Å². The minimum absolute atomic E-state index is 0.0194. The van der Waals surface area contributed by atoms with Crippen LogP contribution in [0.2, 0.25) is 0 Å². The third kappa shape index (κ3) is 8.42. The lowest BCUT2D eigenvalue weighted by Gasteiger charge is -2.22. The van der Waals surface area contributed by atoms with Crippen LogP contribution in [-0.4, -0.2) is 46.3 Å². The minimum atomic E-state index is -0.191. The first-order chi connectivity index (χ1) is 14.1. The van der Waals surface area contributed by atoms with Crippen LogP contribution in [0.1, 0.15) is 60.8 Å². The van der Waals surface area contributed by atoms with Gasteiger partial charge in [-0.25, -0.2) is 4.98 Å². The van der Waals surface area contributed by atoms with Crippen LogP contribution < -0.4 is 5.32 Å². The Labute approximate surface area is 173 Å². The maximum absolute atomic E-state index is 12.9. The Balaban J connectivity index is 1.92. The maximum atomic E-state index is 12.9. The summed E-state index contributed by atoms with van der Waals surface area (Å²) in [5.41, 5.74) is 2.23. The molecule has 0 aliphatic carbocycles. The maximum Gasteiger partial charge on any atom is 0.274 e. The molecule has 0 aliphatic rings. The molecule has 2 amide bonds. The lowest BCUT2D eigenvalue weighted by Crippen LogP contribution is -2.37. The van der Waals surface area contributed by atoms with Gasteiger partial charge in [0.05, 0.1) is 11.9 Å². The number of unbranched alkanes of at least 4 members (excludes halogenated alkanes) is 3. The van der Waals surface area contributed by atoms with Crippen molar-refractivity contribution in [2.45, 2.75) is 52.4 Å². The Morgan fingerprint density at radius 3 is 2.48 bits per heavy atom. The molecule has 0 bridgehead atoms. The van der Waals surface area contributed by atoms with Gasteiger partial charge in [-0.3, -0.25) is 14.6 Å². The molecule has 1 aromatic carbocycles. The van der Waals surface area contributed by atoms with Gasteiger partial charge in [-0.1, -0.05) is 56.5 Å². The molecule has 0 spiro atoms. The molecule has 0 saturated carbocycles. The number of hydrogen-bond acceptors (Lipinski definition) is 4. The van der Waals surface area contributed by atoms with E-state index in [0.29, 0.717) is 25.3 Å². The number of aryl methyl sites for hydroxylation is 1. The summed E-state index contributed by atoms with van der Waals surface area (Å²) in [5.74, 6) is -0.210. The Hall–Kier alpha value is -2.76. The zero-order valence-corrected chi connectivity index (χ0v) is 17.6. The molecule has 1 N–H and O–H groups in total. The summed E-state index contributed by atoms with van der Waals surface area (Å²) in [6.45, 7) is 5.59. The summed E-state index contributed by atoms with van der Waals surface area (Å²) in [4.78, 5) is 35.2. The van der Waals surface area contributed by atoms with E-state index in [4.69, 9.17) is 0 Å². The first-order valence-corrected chi connectivity index (χ1v) is 10.5. The van der Waals surface area contributed by atoms with Gasteiger partial charge in [0.2, 0.25) is 5.91 Å². The number of rotatable bonds is 12. The molecule has 0 unspecified atom stereocenters. The van der Waals surface area contributed by atoms with Gasteiger partial charge in [0, 0.05) is 32.3 Å². The van der Waals surface area contributed by atoms with Crippen molar-refractivity contribution >= 4 is 11.8 Å². The predicted molar refractivity (Wildman–Crippen MR) is 115 cm³/mol. The fourth-order valence-electron chi connectivity index (χ4n) is 2.99. The molecule has 29 heavy (non-hydrogen) atoms. The number of benzene rings is 1. The van der Waals surface area contributed by atoms with E-state index in [2.05, 4.69) is 22.2 Å². The fourth-order valence-corrected chi connectivity index (χ4v) is 2.99. The van der Waals surface area contributed by atoms with E-state index in [1.54, 1.807) is 11.1 Å². The molecule has 0 fully saturated rings. The van der Waals surface area contributed by atoms with Gasteiger partial charge in [-0.2, -0.15) is 0 Å². The van der Waals surface area contributed by atoms with Crippen molar-refractivity contribution in [3.05, 3.63) is 59.7 Å². The Bertz CT molecular complexity index is 747. The van der Waals surface area contributed by atoms with Crippen LogP contribution in [0.25, 0.3) is 0 Å². The standard InChI is InChI=1S/C23H32N4O2/c1-3-4-5-9-14-24-22(28)13-16-27(15-12-20-10-7-6-8-11-20)23(29)21-18-25-19(2)17-26-21/h6-8,10-11,17-18H,3-5,9,12-16H2,1-2H3,(H,24,28). The van der Waals surface area contributed by atoms with Crippen molar-refractivity contribution in [1.82, 2.24) is 20.2 Å². The van der Waals surface area contributed by atoms with E-state index in [9.17, 15) is 9.59 Å². The second kappa shape index (κ2) is 12.6. The quantitative estimate of drug-likeness (QED) is 0.557. The highest BCUT2D eigenvalue weighted by Gasteiger charge is 2.18. The van der Waals surface area contributed by atoms with Gasteiger partial charge in [0.25, 0.3) is 5.91 Å². The lowest BCUT2D eigenvalue weighted by atomic mass is 10.1. The second-order valence-corrected chi connectivity index (χ2v) is 7.23. The molecule has 1 heterocycles. The molecule has 1 aromatic heterocycles. The summed E-state index contributed by atoms with van der Waals surface area (Å²) in [5, 5.41) is 2.95. The number of amides is 2. The summed E-state index contributed by atoms with van der Waals surface area (Å²) in [7, 11) is 0. The van der Waals surface area contributed by atoms with Crippen LogP contribution in [-0.2, 0) is 11.2 Å². The first kappa shape index (κ1) is 22.5. The Kier molecular flexibility index (Phi) is 9.83. The molecule has 0 aliphatic heterocycles. The lowest BCUT2D eigenvalue weighted by molar-refractivity contribution is -0.121. The summed E-state index contributed by atoms with van der Waals surface area (Å²) in [6.07, 6.45) is 8.59. The number of nitrogens with one attached hydrogen (secondary N) is 1. The summed E-state index contributed by atoms with van der Waals surface area (Å²) >= 11 is 0. The SMILES string of the molecule is CCCCCCNC(=O)CCN(CCc1ccccc1)C(=O)c1cnc(C)cn1. The van der Waals surface area contributed by atoms with E-state index >= 15 is 0 Å². The predicted octanol–water partition coefficient (Wildman–Crippen LogP) is 3.56. The van der Waals surface area contributed by atoms with Crippen molar-refractivity contribution in [3.8, 4) is 0 Å². The highest BCUT2D eigenvalue weighted by molar-refractivity contribution is 5.92. The Morgan fingerprint density at radius 2 is 1.79 bits per heavy atom. The van der Waals surface area contributed by atoms with E-state index in [1.807, 2.05) is 37.3 Å². The summed E-state index contributed by atoms with van der Waals surface area (Å²) < 4.78 is 0. The van der Waals surface area contributed by atoms with Crippen molar-refractivity contribution in [3.63, 3.8) is 0 Å². The third-order valence-corrected chi connectivity index (χ3v) is 4.76. The van der Waals surface area contributed by atoms with Crippen molar-refractivity contribution in [2.75, 3.05) is 19.6 Å². The molecular weight excluding hydrogens is 364 g/mol. The van der Waals surface area contributed by atoms with Crippen LogP contribution in [0.3, 0.4) is 0 Å². The number of carbonyl (C=O) groups excluding carboxylic acids is 2. The van der Waals surface area contributed by atoms with Crippen molar-refractivity contribution < 1.29 is 9.59 Å². The highest BCUT2D eigenvalue weighted by Crippen LogP contribution is 2.07. The van der Waals surface area contributed by atoms with E-state index in [0.717, 1.165) is 30.5 Å². The normalized spacial score (nSPS) is 10.6. The molecule has 2 rings (SSSR count). The van der Waals surface area contributed by atoms with E-state index in [1.165, 1.54) is 19.0 Å². The van der Waals surface area contributed by atoms with Gasteiger partial charge >= 0.3 is 0 Å². The van der Waals surface area contributed by atoms with Crippen molar-refractivity contribution in [1.29, 1.82) is 0 Å². The number of aromatic nitrogens is 2. The van der Waals surface area contributed by atoms with Crippen LogP contribution in [0.5, 0.6) is 0 Å². The van der Waals surface area contributed by atoms with Gasteiger partial charge in [-0.15, -0.1) is 0 Å². The van der Waals surface area contributed by atoms with Crippen LogP contribution in [0, 0.1) is 6.92 Å². The fraction of sp³-hybridized carbons (Fsp3) is 0.478. The van der Waals surface area contributed by atoms with E-state index < -0.39 is 0 Å². The topological polar surface area (TPSA) is 75.2 Å². The Morgan fingerprint density at radius 1 is 1.00 bits per heavy atom. The zero-order chi connectivity index (χ0) is 20.9. The van der Waals surface area contributed by atoms with Gasteiger partial charge in [0.15, 0.2) is 0 Å². The van der Waals surface area contributed by atoms with Crippen molar-refractivity contribution in [2.24, 2.45) is 0 Å². The van der Waals surface area contributed by atoms with Gasteiger partial charge in [0.1, 0.15) is 5.69 Å². The average Bonchev–Trinajstić information content (AvgIpc) is 2.74. The monoisotopic (exact) mass is 396 g/mol. The van der Waals surface area contributed by atoms with Gasteiger partial charge < -0.3 is 10.2 Å². The first-order valence-electron chi connectivity index (χ1n) is 10.5. The molecule has 6 heteroatoms. The number of nitrogens with zero attached hydrogens (tertiary/aromatic N) is 3. The molecule has 2 aromatic rings. The average molecular weight is 397 g/mol. The summed E-state index contributed by atoms with van der Waals surface area (Å²) in [6, 6.07) is 10.0. The number of carbonyl (C=O) groups is 2. The minimum Gasteiger partial charge on any atom is -0.356 e. The molecule has 6 nitrogen and oxygen atoms in total. The zero-order valence-electron chi connectivity index (χ0n) is 17.6. The molecule has 0 atom stereocenters. The molecule has 0 saturated heterocycles. The molecular formula is C23H32N4O2. The van der Waals surface area contributed by atoms with Gasteiger partial charge in [-0.05, 0) is 25.3 Å². The number of hydrogen-bond donors (Lipinski definition) is 1.